The molecule has 2 nitrogen and oxygen atoms in total. The predicted octanol–water partition coefficient (Wildman–Crippen LogP) is 2.08. The molecular formula is C12H13NO. The first kappa shape index (κ1) is 8.06. The number of hydrogen-bond acceptors (Lipinski definition) is 1. The second-order valence-corrected chi connectivity index (χ2v) is 3.90. The Bertz CT molecular complexity index is 484. The van der Waals surface area contributed by atoms with Crippen LogP contribution in [0.5, 0.6) is 0 Å². The first-order valence-electron chi connectivity index (χ1n) is 5.11. The van der Waals surface area contributed by atoms with Gasteiger partial charge in [-0.15, -0.1) is 0 Å². The van der Waals surface area contributed by atoms with E-state index in [4.69, 9.17) is 0 Å². The van der Waals surface area contributed by atoms with E-state index in [9.17, 15) is 5.11 Å². The Kier molecular flexibility index (Phi) is 1.64. The van der Waals surface area contributed by atoms with Crippen molar-refractivity contribution >= 4 is 10.9 Å². The third-order valence-corrected chi connectivity index (χ3v) is 3.07. The summed E-state index contributed by atoms with van der Waals surface area (Å²) >= 11 is 0. The van der Waals surface area contributed by atoms with Crippen LogP contribution in [-0.2, 0) is 19.6 Å². The molecule has 2 heterocycles. The summed E-state index contributed by atoms with van der Waals surface area (Å²) in [7, 11) is 0. The maximum atomic E-state index is 9.27. The number of aliphatic hydroxyl groups is 1. The van der Waals surface area contributed by atoms with Crippen molar-refractivity contribution in [1.82, 2.24) is 4.57 Å². The molecule has 0 bridgehead atoms. The van der Waals surface area contributed by atoms with E-state index in [1.807, 2.05) is 12.1 Å². The number of fused-ring (bicyclic) bond motifs is 3. The molecule has 0 aliphatic carbocycles. The molecule has 1 aromatic carbocycles. The van der Waals surface area contributed by atoms with Crippen molar-refractivity contribution in [1.29, 1.82) is 0 Å². The average molecular weight is 187 g/mol. The molecule has 1 aliphatic heterocycles. The van der Waals surface area contributed by atoms with E-state index in [1.54, 1.807) is 0 Å². The van der Waals surface area contributed by atoms with Gasteiger partial charge >= 0.3 is 0 Å². The lowest BCUT2D eigenvalue weighted by Gasteiger charge is -2.04. The molecule has 0 saturated heterocycles. The number of benzene rings is 1. The number of nitrogens with zero attached hydrogens (tertiary/aromatic N) is 1. The van der Waals surface area contributed by atoms with Gasteiger partial charge in [0.1, 0.15) is 0 Å². The molecule has 1 N–H and O–H groups in total. The number of aromatic nitrogens is 1. The predicted molar refractivity (Wildman–Crippen MR) is 56.2 cm³/mol. The van der Waals surface area contributed by atoms with Crippen molar-refractivity contribution in [3.8, 4) is 0 Å². The SMILES string of the molecule is OCc1cccc2cc3n(c12)CCC3. The van der Waals surface area contributed by atoms with Gasteiger partial charge in [-0.3, -0.25) is 0 Å². The lowest BCUT2D eigenvalue weighted by atomic mass is 10.1. The van der Waals surface area contributed by atoms with E-state index >= 15 is 0 Å². The Morgan fingerprint density at radius 3 is 3.14 bits per heavy atom. The van der Waals surface area contributed by atoms with Crippen LogP contribution in [0, 0.1) is 0 Å². The Morgan fingerprint density at radius 1 is 1.36 bits per heavy atom. The molecule has 0 fully saturated rings. The van der Waals surface area contributed by atoms with E-state index in [1.165, 1.54) is 29.4 Å². The highest BCUT2D eigenvalue weighted by molar-refractivity contribution is 5.84. The Hall–Kier alpha value is -1.28. The van der Waals surface area contributed by atoms with Gasteiger partial charge in [-0.1, -0.05) is 18.2 Å². The van der Waals surface area contributed by atoms with E-state index < -0.39 is 0 Å². The minimum Gasteiger partial charge on any atom is -0.392 e. The molecule has 0 saturated carbocycles. The minimum absolute atomic E-state index is 0.140. The summed E-state index contributed by atoms with van der Waals surface area (Å²) in [4.78, 5) is 0. The van der Waals surface area contributed by atoms with Gasteiger partial charge in [0.15, 0.2) is 0 Å². The molecule has 0 radical (unpaired) electrons. The van der Waals surface area contributed by atoms with E-state index in [0.29, 0.717) is 0 Å². The Balaban J connectivity index is 2.39. The van der Waals surface area contributed by atoms with Crippen LogP contribution in [0.4, 0.5) is 0 Å². The normalized spacial score (nSPS) is 14.9. The summed E-state index contributed by atoms with van der Waals surface area (Å²) in [6.45, 7) is 1.25. The quantitative estimate of drug-likeness (QED) is 0.726. The standard InChI is InChI=1S/C12H13NO/c14-8-10-4-1-3-9-7-11-5-2-6-13(11)12(9)10/h1,3-4,7,14H,2,5-6,8H2. The smallest absolute Gasteiger partial charge is 0.0702 e. The highest BCUT2D eigenvalue weighted by atomic mass is 16.3. The van der Waals surface area contributed by atoms with Crippen molar-refractivity contribution in [2.45, 2.75) is 26.0 Å². The molecule has 2 heteroatoms. The van der Waals surface area contributed by atoms with Crippen LogP contribution >= 0.6 is 0 Å². The summed E-state index contributed by atoms with van der Waals surface area (Å²) in [6.07, 6.45) is 2.42. The zero-order chi connectivity index (χ0) is 9.54. The Morgan fingerprint density at radius 2 is 2.29 bits per heavy atom. The van der Waals surface area contributed by atoms with Gasteiger partial charge in [-0.2, -0.15) is 0 Å². The number of aliphatic hydroxyl groups excluding tert-OH is 1. The van der Waals surface area contributed by atoms with Gasteiger partial charge in [0.2, 0.25) is 0 Å². The second-order valence-electron chi connectivity index (χ2n) is 3.90. The van der Waals surface area contributed by atoms with Crippen LogP contribution in [0.1, 0.15) is 17.7 Å². The molecule has 0 spiro atoms. The van der Waals surface area contributed by atoms with Gasteiger partial charge in [0, 0.05) is 23.2 Å². The van der Waals surface area contributed by atoms with Gasteiger partial charge in [-0.25, -0.2) is 0 Å². The zero-order valence-electron chi connectivity index (χ0n) is 8.03. The van der Waals surface area contributed by atoms with Gasteiger partial charge in [-0.05, 0) is 18.9 Å². The molecule has 1 aliphatic rings. The minimum atomic E-state index is 0.140. The zero-order valence-corrected chi connectivity index (χ0v) is 8.03. The topological polar surface area (TPSA) is 25.2 Å². The van der Waals surface area contributed by atoms with Crippen molar-refractivity contribution in [3.05, 3.63) is 35.5 Å². The first-order valence-corrected chi connectivity index (χ1v) is 5.11. The van der Waals surface area contributed by atoms with E-state index in [2.05, 4.69) is 16.7 Å². The molecule has 1 aromatic heterocycles. The Labute approximate surface area is 82.8 Å². The van der Waals surface area contributed by atoms with Crippen LogP contribution in [0.25, 0.3) is 10.9 Å². The summed E-state index contributed by atoms with van der Waals surface area (Å²) in [5.74, 6) is 0. The van der Waals surface area contributed by atoms with Gasteiger partial charge < -0.3 is 9.67 Å². The largest absolute Gasteiger partial charge is 0.392 e. The number of para-hydroxylation sites is 1. The monoisotopic (exact) mass is 187 g/mol. The number of rotatable bonds is 1. The molecule has 0 atom stereocenters. The van der Waals surface area contributed by atoms with Crippen molar-refractivity contribution in [3.63, 3.8) is 0 Å². The van der Waals surface area contributed by atoms with Gasteiger partial charge in [0.05, 0.1) is 12.1 Å². The van der Waals surface area contributed by atoms with Crippen LogP contribution < -0.4 is 0 Å². The maximum Gasteiger partial charge on any atom is 0.0702 e. The summed E-state index contributed by atoms with van der Waals surface area (Å²) in [6, 6.07) is 8.40. The van der Waals surface area contributed by atoms with Crippen LogP contribution in [0.3, 0.4) is 0 Å². The fourth-order valence-corrected chi connectivity index (χ4v) is 2.47. The third-order valence-electron chi connectivity index (χ3n) is 3.07. The highest BCUT2D eigenvalue weighted by Gasteiger charge is 2.15. The van der Waals surface area contributed by atoms with Gasteiger partial charge in [0.25, 0.3) is 0 Å². The van der Waals surface area contributed by atoms with Crippen molar-refractivity contribution in [2.75, 3.05) is 0 Å². The average Bonchev–Trinajstić information content (AvgIpc) is 2.75. The first-order chi connectivity index (χ1) is 6.90. The molecular weight excluding hydrogens is 174 g/mol. The molecule has 72 valence electrons. The van der Waals surface area contributed by atoms with Crippen molar-refractivity contribution in [2.24, 2.45) is 0 Å². The highest BCUT2D eigenvalue weighted by Crippen LogP contribution is 2.28. The number of hydrogen-bond donors (Lipinski definition) is 1. The van der Waals surface area contributed by atoms with E-state index in [0.717, 1.165) is 12.1 Å². The summed E-state index contributed by atoms with van der Waals surface area (Å²) in [5.41, 5.74) is 3.71. The summed E-state index contributed by atoms with van der Waals surface area (Å²) in [5, 5.41) is 10.5. The lowest BCUT2D eigenvalue weighted by molar-refractivity contribution is 0.283. The van der Waals surface area contributed by atoms with Crippen LogP contribution in [0.2, 0.25) is 0 Å². The lowest BCUT2D eigenvalue weighted by Crippen LogP contribution is -1.95. The molecule has 3 rings (SSSR count). The molecule has 2 aromatic rings. The maximum absolute atomic E-state index is 9.27. The van der Waals surface area contributed by atoms with Crippen LogP contribution in [0.15, 0.2) is 24.3 Å². The van der Waals surface area contributed by atoms with Crippen LogP contribution in [-0.4, -0.2) is 9.67 Å². The fourth-order valence-electron chi connectivity index (χ4n) is 2.47. The molecule has 0 unspecified atom stereocenters. The fraction of sp³-hybridized carbons (Fsp3) is 0.333. The molecule has 0 amide bonds. The third kappa shape index (κ3) is 0.946. The second kappa shape index (κ2) is 2.85. The van der Waals surface area contributed by atoms with Crippen molar-refractivity contribution < 1.29 is 5.11 Å². The summed E-state index contributed by atoms with van der Waals surface area (Å²) < 4.78 is 2.35. The molecule has 14 heavy (non-hydrogen) atoms. The van der Waals surface area contributed by atoms with E-state index in [-0.39, 0.29) is 6.61 Å². The number of aryl methyl sites for hydroxylation is 2.